The SMILES string of the molecule is CCC(C(=O)NC(C)COc1ccc(C)cc1)N(c1ccc(C)c(C)c1)S(C)(=O)=O. The zero-order valence-electron chi connectivity index (χ0n) is 18.6. The standard InChI is InChI=1S/C23H32N2O4S/c1-7-22(25(30(6,27)28)20-11-10-17(3)18(4)14-20)23(26)24-19(5)15-29-21-12-8-16(2)9-13-21/h8-14,19,22H,7,15H2,1-6H3,(H,24,26). The van der Waals surface area contributed by atoms with Gasteiger partial charge in [-0.15, -0.1) is 0 Å². The van der Waals surface area contributed by atoms with Gasteiger partial charge in [0.05, 0.1) is 18.0 Å². The van der Waals surface area contributed by atoms with Gasteiger partial charge in [0.25, 0.3) is 0 Å². The van der Waals surface area contributed by atoms with Crippen molar-refractivity contribution in [2.45, 2.75) is 53.1 Å². The molecule has 7 heteroatoms. The molecule has 0 aliphatic heterocycles. The second-order valence-electron chi connectivity index (χ2n) is 7.79. The lowest BCUT2D eigenvalue weighted by molar-refractivity contribution is -0.123. The topological polar surface area (TPSA) is 75.7 Å². The maximum Gasteiger partial charge on any atom is 0.244 e. The van der Waals surface area contributed by atoms with Gasteiger partial charge in [-0.05, 0) is 69.5 Å². The maximum atomic E-state index is 13.0. The number of aryl methyl sites for hydroxylation is 3. The van der Waals surface area contributed by atoms with E-state index >= 15 is 0 Å². The second-order valence-corrected chi connectivity index (χ2v) is 9.64. The number of amides is 1. The Morgan fingerprint density at radius 3 is 2.23 bits per heavy atom. The van der Waals surface area contributed by atoms with Crippen LogP contribution in [0.5, 0.6) is 5.75 Å². The molecule has 30 heavy (non-hydrogen) atoms. The Kier molecular flexibility index (Phi) is 7.89. The van der Waals surface area contributed by atoms with E-state index in [0.717, 1.165) is 28.7 Å². The minimum absolute atomic E-state index is 0.283. The number of rotatable bonds is 9. The quantitative estimate of drug-likeness (QED) is 0.655. The summed E-state index contributed by atoms with van der Waals surface area (Å²) in [4.78, 5) is 13.0. The number of ether oxygens (including phenoxy) is 1. The van der Waals surface area contributed by atoms with Gasteiger partial charge in [-0.1, -0.05) is 30.7 Å². The molecule has 0 heterocycles. The van der Waals surface area contributed by atoms with Crippen molar-refractivity contribution in [3.63, 3.8) is 0 Å². The number of anilines is 1. The number of carbonyl (C=O) groups excluding carboxylic acids is 1. The van der Waals surface area contributed by atoms with Crippen molar-refractivity contribution in [1.29, 1.82) is 0 Å². The highest BCUT2D eigenvalue weighted by Gasteiger charge is 2.32. The molecule has 2 unspecified atom stereocenters. The van der Waals surface area contributed by atoms with E-state index < -0.39 is 16.1 Å². The minimum Gasteiger partial charge on any atom is -0.491 e. The molecule has 2 atom stereocenters. The van der Waals surface area contributed by atoms with Gasteiger partial charge < -0.3 is 10.1 Å². The summed E-state index contributed by atoms with van der Waals surface area (Å²) in [5, 5.41) is 2.89. The number of nitrogens with one attached hydrogen (secondary N) is 1. The third-order valence-corrected chi connectivity index (χ3v) is 6.16. The van der Waals surface area contributed by atoms with E-state index in [0.29, 0.717) is 12.1 Å². The van der Waals surface area contributed by atoms with Gasteiger partial charge in [-0.25, -0.2) is 8.42 Å². The van der Waals surface area contributed by atoms with Crippen LogP contribution in [0.3, 0.4) is 0 Å². The molecule has 0 radical (unpaired) electrons. The van der Waals surface area contributed by atoms with Crippen molar-refractivity contribution in [2.24, 2.45) is 0 Å². The Labute approximate surface area is 180 Å². The first-order valence-corrected chi connectivity index (χ1v) is 11.9. The molecule has 0 aliphatic rings. The number of nitrogens with zero attached hydrogens (tertiary/aromatic N) is 1. The van der Waals surface area contributed by atoms with Crippen LogP contribution in [0.15, 0.2) is 42.5 Å². The predicted octanol–water partition coefficient (Wildman–Crippen LogP) is 3.74. The summed E-state index contributed by atoms with van der Waals surface area (Å²) in [5.41, 5.74) is 3.66. The van der Waals surface area contributed by atoms with Gasteiger partial charge >= 0.3 is 0 Å². The molecule has 2 aromatic carbocycles. The Bertz CT molecular complexity index is 971. The number of hydrogen-bond donors (Lipinski definition) is 1. The van der Waals surface area contributed by atoms with Crippen molar-refractivity contribution in [2.75, 3.05) is 17.2 Å². The fourth-order valence-electron chi connectivity index (χ4n) is 3.16. The Hall–Kier alpha value is -2.54. The fourth-order valence-corrected chi connectivity index (χ4v) is 4.36. The number of hydrogen-bond acceptors (Lipinski definition) is 4. The molecule has 0 saturated carbocycles. The van der Waals surface area contributed by atoms with Crippen molar-refractivity contribution < 1.29 is 17.9 Å². The molecule has 0 fully saturated rings. The Balaban J connectivity index is 2.14. The molecule has 1 N–H and O–H groups in total. The predicted molar refractivity (Wildman–Crippen MR) is 122 cm³/mol. The zero-order chi connectivity index (χ0) is 22.5. The van der Waals surface area contributed by atoms with Gasteiger partial charge in [0.2, 0.25) is 15.9 Å². The summed E-state index contributed by atoms with van der Waals surface area (Å²) < 4.78 is 32.1. The maximum absolute atomic E-state index is 13.0. The average Bonchev–Trinajstić information content (AvgIpc) is 2.66. The van der Waals surface area contributed by atoms with Crippen molar-refractivity contribution in [3.8, 4) is 5.75 Å². The summed E-state index contributed by atoms with van der Waals surface area (Å²) in [7, 11) is -3.66. The molecule has 0 spiro atoms. The van der Waals surface area contributed by atoms with E-state index in [-0.39, 0.29) is 18.6 Å². The lowest BCUT2D eigenvalue weighted by atomic mass is 10.1. The number of benzene rings is 2. The summed E-state index contributed by atoms with van der Waals surface area (Å²) in [5.74, 6) is 0.378. The van der Waals surface area contributed by atoms with Crippen LogP contribution in [0, 0.1) is 20.8 Å². The highest BCUT2D eigenvalue weighted by molar-refractivity contribution is 7.92. The molecular formula is C23H32N2O4S. The van der Waals surface area contributed by atoms with Crippen molar-refractivity contribution in [1.82, 2.24) is 5.32 Å². The third-order valence-electron chi connectivity index (χ3n) is 4.98. The van der Waals surface area contributed by atoms with Crippen LogP contribution in [0.25, 0.3) is 0 Å². The molecule has 2 rings (SSSR count). The lowest BCUT2D eigenvalue weighted by Gasteiger charge is -2.31. The van der Waals surface area contributed by atoms with Crippen LogP contribution in [0.4, 0.5) is 5.69 Å². The Morgan fingerprint density at radius 2 is 1.70 bits per heavy atom. The van der Waals surface area contributed by atoms with Crippen molar-refractivity contribution >= 4 is 21.6 Å². The van der Waals surface area contributed by atoms with Crippen LogP contribution in [-0.2, 0) is 14.8 Å². The van der Waals surface area contributed by atoms with E-state index in [1.807, 2.05) is 58.0 Å². The third kappa shape index (κ3) is 6.23. The van der Waals surface area contributed by atoms with Gasteiger partial charge in [0.1, 0.15) is 18.4 Å². The fraction of sp³-hybridized carbons (Fsp3) is 0.435. The highest BCUT2D eigenvalue weighted by atomic mass is 32.2. The van der Waals surface area contributed by atoms with Crippen LogP contribution < -0.4 is 14.4 Å². The normalized spacial score (nSPS) is 13.4. The largest absolute Gasteiger partial charge is 0.491 e. The van der Waals surface area contributed by atoms with E-state index in [4.69, 9.17) is 4.74 Å². The van der Waals surface area contributed by atoms with Crippen LogP contribution in [-0.4, -0.2) is 39.3 Å². The zero-order valence-corrected chi connectivity index (χ0v) is 19.4. The Morgan fingerprint density at radius 1 is 1.07 bits per heavy atom. The van der Waals surface area contributed by atoms with E-state index in [2.05, 4.69) is 5.32 Å². The summed E-state index contributed by atoms with van der Waals surface area (Å²) in [6, 6.07) is 12.0. The first-order chi connectivity index (χ1) is 14.0. The van der Waals surface area contributed by atoms with Crippen LogP contribution in [0.2, 0.25) is 0 Å². The minimum atomic E-state index is -3.66. The van der Waals surface area contributed by atoms with Crippen molar-refractivity contribution in [3.05, 3.63) is 59.2 Å². The van der Waals surface area contributed by atoms with Gasteiger partial charge in [-0.3, -0.25) is 9.10 Å². The van der Waals surface area contributed by atoms with Gasteiger partial charge in [0, 0.05) is 0 Å². The number of carbonyl (C=O) groups is 1. The molecule has 0 saturated heterocycles. The van der Waals surface area contributed by atoms with Crippen LogP contribution >= 0.6 is 0 Å². The number of sulfonamides is 1. The first kappa shape index (κ1) is 23.7. The van der Waals surface area contributed by atoms with E-state index in [1.54, 1.807) is 19.1 Å². The molecule has 0 bridgehead atoms. The van der Waals surface area contributed by atoms with Crippen LogP contribution in [0.1, 0.15) is 37.0 Å². The monoisotopic (exact) mass is 432 g/mol. The smallest absolute Gasteiger partial charge is 0.244 e. The van der Waals surface area contributed by atoms with E-state index in [9.17, 15) is 13.2 Å². The van der Waals surface area contributed by atoms with E-state index in [1.165, 1.54) is 4.31 Å². The molecule has 1 amide bonds. The molecule has 164 valence electrons. The summed E-state index contributed by atoms with van der Waals surface area (Å²) in [6.45, 7) is 9.80. The summed E-state index contributed by atoms with van der Waals surface area (Å²) >= 11 is 0. The molecular weight excluding hydrogens is 400 g/mol. The second kappa shape index (κ2) is 9.98. The van der Waals surface area contributed by atoms with Gasteiger partial charge in [-0.2, -0.15) is 0 Å². The molecule has 2 aromatic rings. The first-order valence-electron chi connectivity index (χ1n) is 10.1. The molecule has 0 aromatic heterocycles. The average molecular weight is 433 g/mol. The summed E-state index contributed by atoms with van der Waals surface area (Å²) in [6.07, 6.45) is 1.47. The lowest BCUT2D eigenvalue weighted by Crippen LogP contribution is -2.52. The molecule has 0 aliphatic carbocycles. The van der Waals surface area contributed by atoms with Gasteiger partial charge in [0.15, 0.2) is 0 Å². The molecule has 6 nitrogen and oxygen atoms in total. The highest BCUT2D eigenvalue weighted by Crippen LogP contribution is 2.25.